The number of benzene rings is 1. The first kappa shape index (κ1) is 18.7. The van der Waals surface area contributed by atoms with Gasteiger partial charge in [0.2, 0.25) is 0 Å². The van der Waals surface area contributed by atoms with Crippen LogP contribution in [0.3, 0.4) is 0 Å². The smallest absolute Gasteiger partial charge is 0.269 e. The highest BCUT2D eigenvalue weighted by atomic mass is 19.1. The molecule has 0 aliphatic rings. The van der Waals surface area contributed by atoms with Gasteiger partial charge in [-0.05, 0) is 38.3 Å². The van der Waals surface area contributed by atoms with Gasteiger partial charge in [0.25, 0.3) is 5.91 Å². The number of allylic oxidation sites excluding steroid dienone is 1. The van der Waals surface area contributed by atoms with Crippen LogP contribution in [0.4, 0.5) is 4.39 Å². The number of rotatable bonds is 9. The van der Waals surface area contributed by atoms with Crippen LogP contribution in [0.5, 0.6) is 5.75 Å². The lowest BCUT2D eigenvalue weighted by molar-refractivity contribution is 0.0941. The quantitative estimate of drug-likeness (QED) is 0.559. The van der Waals surface area contributed by atoms with E-state index >= 15 is 0 Å². The summed E-state index contributed by atoms with van der Waals surface area (Å²) in [5, 5.41) is 6.84. The van der Waals surface area contributed by atoms with Gasteiger partial charge in [-0.15, -0.1) is 6.58 Å². The number of aromatic nitrogens is 2. The number of hydrogen-bond donors (Lipinski definition) is 1. The van der Waals surface area contributed by atoms with Gasteiger partial charge in [-0.3, -0.25) is 9.48 Å². The first-order chi connectivity index (χ1) is 12.0. The van der Waals surface area contributed by atoms with Gasteiger partial charge in [0.05, 0.1) is 12.3 Å². The minimum absolute atomic E-state index is 0.0859. The summed E-state index contributed by atoms with van der Waals surface area (Å²) < 4.78 is 21.5. The van der Waals surface area contributed by atoms with E-state index in [1.807, 2.05) is 13.0 Å². The lowest BCUT2D eigenvalue weighted by Crippen LogP contribution is -2.25. The molecule has 134 valence electrons. The maximum absolute atomic E-state index is 14.5. The summed E-state index contributed by atoms with van der Waals surface area (Å²) in [6, 6.07) is 6.64. The SMILES string of the molecule is C=CCCCCOc1cccc(CNC(=O)c2cc(C)nn2C)c1F. The van der Waals surface area contributed by atoms with Crippen molar-refractivity contribution in [3.8, 4) is 5.75 Å². The Bertz CT molecular complexity index is 740. The number of ether oxygens (including phenoxy) is 1. The maximum Gasteiger partial charge on any atom is 0.269 e. The van der Waals surface area contributed by atoms with Gasteiger partial charge in [0, 0.05) is 19.2 Å². The van der Waals surface area contributed by atoms with Crippen molar-refractivity contribution >= 4 is 5.91 Å². The van der Waals surface area contributed by atoms with Crippen LogP contribution in [0.15, 0.2) is 36.9 Å². The Morgan fingerprint density at radius 1 is 1.44 bits per heavy atom. The molecule has 0 aliphatic carbocycles. The zero-order valence-electron chi connectivity index (χ0n) is 14.7. The molecule has 0 radical (unpaired) electrons. The van der Waals surface area contributed by atoms with Gasteiger partial charge in [0.15, 0.2) is 11.6 Å². The fourth-order valence-corrected chi connectivity index (χ4v) is 2.47. The zero-order chi connectivity index (χ0) is 18.2. The van der Waals surface area contributed by atoms with Crippen LogP contribution in [0.25, 0.3) is 0 Å². The van der Waals surface area contributed by atoms with Crippen LogP contribution in [0.2, 0.25) is 0 Å². The normalized spacial score (nSPS) is 10.5. The standard InChI is InChI=1S/C19H24FN3O2/c1-4-5-6-7-11-25-17-10-8-9-15(18(17)20)13-21-19(24)16-12-14(2)22-23(16)3/h4,8-10,12H,1,5-7,11,13H2,2-3H3,(H,21,24). The lowest BCUT2D eigenvalue weighted by atomic mass is 10.2. The van der Waals surface area contributed by atoms with Gasteiger partial charge in [-0.25, -0.2) is 4.39 Å². The average Bonchev–Trinajstić information content (AvgIpc) is 2.93. The predicted octanol–water partition coefficient (Wildman–Crippen LogP) is 3.53. The number of unbranched alkanes of at least 4 members (excludes halogenated alkanes) is 2. The van der Waals surface area contributed by atoms with Crippen LogP contribution >= 0.6 is 0 Å². The van der Waals surface area contributed by atoms with E-state index in [2.05, 4.69) is 17.0 Å². The van der Waals surface area contributed by atoms with Gasteiger partial charge in [-0.2, -0.15) is 5.10 Å². The molecule has 0 aliphatic heterocycles. The molecule has 1 aromatic heterocycles. The van der Waals surface area contributed by atoms with Crippen molar-refractivity contribution in [2.75, 3.05) is 6.61 Å². The Morgan fingerprint density at radius 3 is 2.92 bits per heavy atom. The van der Waals surface area contributed by atoms with Crippen LogP contribution in [-0.4, -0.2) is 22.3 Å². The molecule has 1 N–H and O–H groups in total. The summed E-state index contributed by atoms with van der Waals surface area (Å²) >= 11 is 0. The van der Waals surface area contributed by atoms with E-state index < -0.39 is 5.82 Å². The average molecular weight is 345 g/mol. The number of hydrogen-bond acceptors (Lipinski definition) is 3. The third-order valence-electron chi connectivity index (χ3n) is 3.78. The van der Waals surface area contributed by atoms with E-state index in [0.717, 1.165) is 25.0 Å². The number of amides is 1. The molecule has 0 atom stereocenters. The Balaban J connectivity index is 1.93. The van der Waals surface area contributed by atoms with E-state index in [1.54, 1.807) is 31.3 Å². The number of nitrogens with zero attached hydrogens (tertiary/aromatic N) is 2. The molecule has 0 unspecified atom stereocenters. The minimum Gasteiger partial charge on any atom is -0.491 e. The topological polar surface area (TPSA) is 56.1 Å². The summed E-state index contributed by atoms with van der Waals surface area (Å²) in [5.74, 6) is -0.521. The molecule has 0 bridgehead atoms. The van der Waals surface area contributed by atoms with Crippen molar-refractivity contribution in [1.29, 1.82) is 0 Å². The van der Waals surface area contributed by atoms with Crippen LogP contribution in [0, 0.1) is 12.7 Å². The first-order valence-corrected chi connectivity index (χ1v) is 8.33. The van der Waals surface area contributed by atoms with Gasteiger partial charge in [-0.1, -0.05) is 18.2 Å². The third kappa shape index (κ3) is 5.17. The van der Waals surface area contributed by atoms with Crippen molar-refractivity contribution in [2.24, 2.45) is 7.05 Å². The Hall–Kier alpha value is -2.63. The monoisotopic (exact) mass is 345 g/mol. The van der Waals surface area contributed by atoms with Gasteiger partial charge < -0.3 is 10.1 Å². The molecule has 0 saturated heterocycles. The number of carbonyl (C=O) groups excluding carboxylic acids is 1. The summed E-state index contributed by atoms with van der Waals surface area (Å²) in [4.78, 5) is 12.2. The van der Waals surface area contributed by atoms with E-state index in [1.165, 1.54) is 4.68 Å². The largest absolute Gasteiger partial charge is 0.491 e. The lowest BCUT2D eigenvalue weighted by Gasteiger charge is -2.11. The fourth-order valence-electron chi connectivity index (χ4n) is 2.47. The molecule has 6 heteroatoms. The van der Waals surface area contributed by atoms with Crippen molar-refractivity contribution < 1.29 is 13.9 Å². The molecule has 0 saturated carbocycles. The van der Waals surface area contributed by atoms with Crippen molar-refractivity contribution in [3.63, 3.8) is 0 Å². The molecular weight excluding hydrogens is 321 g/mol. The highest BCUT2D eigenvalue weighted by molar-refractivity contribution is 5.92. The van der Waals surface area contributed by atoms with Crippen LogP contribution < -0.4 is 10.1 Å². The Kier molecular flexibility index (Phi) is 6.74. The molecule has 0 fully saturated rings. The second kappa shape index (κ2) is 9.01. The summed E-state index contributed by atoms with van der Waals surface area (Å²) in [6.07, 6.45) is 4.58. The first-order valence-electron chi connectivity index (χ1n) is 8.33. The summed E-state index contributed by atoms with van der Waals surface area (Å²) in [6.45, 7) is 6.02. The highest BCUT2D eigenvalue weighted by Gasteiger charge is 2.14. The molecule has 2 aromatic rings. The van der Waals surface area contributed by atoms with Crippen molar-refractivity contribution in [2.45, 2.75) is 32.7 Å². The summed E-state index contributed by atoms with van der Waals surface area (Å²) in [5.41, 5.74) is 1.58. The van der Waals surface area contributed by atoms with Crippen LogP contribution in [-0.2, 0) is 13.6 Å². The molecule has 2 rings (SSSR count). The number of halogens is 1. The molecule has 1 aromatic carbocycles. The maximum atomic E-state index is 14.5. The van der Waals surface area contributed by atoms with Gasteiger partial charge >= 0.3 is 0 Å². The van der Waals surface area contributed by atoms with Crippen molar-refractivity contribution in [1.82, 2.24) is 15.1 Å². The van der Waals surface area contributed by atoms with E-state index in [9.17, 15) is 9.18 Å². The second-order valence-corrected chi connectivity index (χ2v) is 5.84. The minimum atomic E-state index is -0.437. The molecule has 25 heavy (non-hydrogen) atoms. The molecule has 0 spiro atoms. The molecule has 5 nitrogen and oxygen atoms in total. The number of nitrogens with one attached hydrogen (secondary N) is 1. The zero-order valence-corrected chi connectivity index (χ0v) is 14.7. The highest BCUT2D eigenvalue weighted by Crippen LogP contribution is 2.21. The molecule has 1 heterocycles. The third-order valence-corrected chi connectivity index (χ3v) is 3.78. The molecule has 1 amide bonds. The van der Waals surface area contributed by atoms with E-state index in [0.29, 0.717) is 17.9 Å². The second-order valence-electron chi connectivity index (χ2n) is 5.84. The predicted molar refractivity (Wildman–Crippen MR) is 95.1 cm³/mol. The van der Waals surface area contributed by atoms with E-state index in [-0.39, 0.29) is 18.2 Å². The Labute approximate surface area is 147 Å². The fraction of sp³-hybridized carbons (Fsp3) is 0.368. The summed E-state index contributed by atoms with van der Waals surface area (Å²) in [7, 11) is 1.70. The van der Waals surface area contributed by atoms with Gasteiger partial charge in [0.1, 0.15) is 5.69 Å². The van der Waals surface area contributed by atoms with E-state index in [4.69, 9.17) is 4.74 Å². The number of aryl methyl sites for hydroxylation is 2. The Morgan fingerprint density at radius 2 is 2.24 bits per heavy atom. The number of carbonyl (C=O) groups is 1. The van der Waals surface area contributed by atoms with Crippen molar-refractivity contribution in [3.05, 3.63) is 59.7 Å². The van der Waals surface area contributed by atoms with Crippen LogP contribution in [0.1, 0.15) is 41.0 Å². The molecular formula is C19H24FN3O2.